The zero-order valence-electron chi connectivity index (χ0n) is 13.8. The van der Waals surface area contributed by atoms with E-state index in [9.17, 15) is 9.90 Å². The largest absolute Gasteiger partial charge is 0.504 e. The van der Waals surface area contributed by atoms with Crippen molar-refractivity contribution in [1.82, 2.24) is 9.80 Å². The quantitative estimate of drug-likeness (QED) is 0.925. The summed E-state index contributed by atoms with van der Waals surface area (Å²) in [6.45, 7) is 4.39. The fraction of sp³-hybridized carbons (Fsp3) is 0.611. The van der Waals surface area contributed by atoms with Crippen molar-refractivity contribution in [3.05, 3.63) is 23.8 Å². The molecule has 0 unspecified atom stereocenters. The first-order chi connectivity index (χ1) is 11.2. The summed E-state index contributed by atoms with van der Waals surface area (Å²) >= 11 is 0. The number of hydrogen-bond donors (Lipinski definition) is 1. The van der Waals surface area contributed by atoms with Gasteiger partial charge in [-0.3, -0.25) is 9.69 Å². The average Bonchev–Trinajstić information content (AvgIpc) is 3.11. The summed E-state index contributed by atoms with van der Waals surface area (Å²) in [6, 6.07) is 5.59. The molecule has 1 amide bonds. The Morgan fingerprint density at radius 1 is 1.22 bits per heavy atom. The molecule has 1 aromatic carbocycles. The first kappa shape index (κ1) is 16.1. The molecule has 2 aliphatic heterocycles. The highest BCUT2D eigenvalue weighted by Gasteiger charge is 2.29. The van der Waals surface area contributed by atoms with Crippen molar-refractivity contribution in [3.63, 3.8) is 0 Å². The third-order valence-electron chi connectivity index (χ3n) is 5.05. The molecule has 126 valence electrons. The smallest absolute Gasteiger partial charge is 0.225 e. The summed E-state index contributed by atoms with van der Waals surface area (Å²) in [5, 5.41) is 10.2. The van der Waals surface area contributed by atoms with Crippen LogP contribution in [-0.2, 0) is 11.3 Å². The van der Waals surface area contributed by atoms with Gasteiger partial charge in [0, 0.05) is 31.1 Å². The van der Waals surface area contributed by atoms with Gasteiger partial charge >= 0.3 is 0 Å². The lowest BCUT2D eigenvalue weighted by atomic mass is 9.95. The highest BCUT2D eigenvalue weighted by molar-refractivity contribution is 5.79. The predicted molar refractivity (Wildman–Crippen MR) is 88.5 cm³/mol. The van der Waals surface area contributed by atoms with Crippen molar-refractivity contribution in [2.24, 2.45) is 5.92 Å². The molecule has 5 heteroatoms. The number of amides is 1. The van der Waals surface area contributed by atoms with Gasteiger partial charge in [0.1, 0.15) is 0 Å². The van der Waals surface area contributed by atoms with Gasteiger partial charge in [0.25, 0.3) is 0 Å². The van der Waals surface area contributed by atoms with Crippen LogP contribution in [0, 0.1) is 5.92 Å². The molecule has 5 nitrogen and oxygen atoms in total. The molecule has 0 aromatic heterocycles. The van der Waals surface area contributed by atoms with Crippen molar-refractivity contribution < 1.29 is 14.6 Å². The number of piperidine rings is 1. The van der Waals surface area contributed by atoms with Crippen molar-refractivity contribution in [2.75, 3.05) is 33.3 Å². The maximum Gasteiger partial charge on any atom is 0.225 e. The van der Waals surface area contributed by atoms with Gasteiger partial charge in [-0.1, -0.05) is 12.1 Å². The van der Waals surface area contributed by atoms with E-state index in [0.717, 1.165) is 57.4 Å². The van der Waals surface area contributed by atoms with E-state index < -0.39 is 0 Å². The van der Waals surface area contributed by atoms with E-state index in [2.05, 4.69) is 4.90 Å². The molecule has 0 atom stereocenters. The van der Waals surface area contributed by atoms with Crippen LogP contribution in [0.2, 0.25) is 0 Å². The third-order valence-corrected chi connectivity index (χ3v) is 5.05. The number of para-hydroxylation sites is 1. The zero-order chi connectivity index (χ0) is 16.2. The Morgan fingerprint density at radius 3 is 2.57 bits per heavy atom. The Balaban J connectivity index is 1.54. The lowest BCUT2D eigenvalue weighted by Crippen LogP contribution is -2.41. The zero-order valence-corrected chi connectivity index (χ0v) is 13.8. The molecule has 3 rings (SSSR count). The standard InChI is InChI=1S/C18H26N2O3/c1-23-16-6-4-5-15(17(16)21)13-19-11-7-14(8-12-19)18(22)20-9-2-3-10-20/h4-6,14,21H,2-3,7-13H2,1H3. The molecule has 2 saturated heterocycles. The molecule has 2 heterocycles. The summed E-state index contributed by atoms with van der Waals surface area (Å²) in [4.78, 5) is 16.8. The van der Waals surface area contributed by atoms with Crippen molar-refractivity contribution in [2.45, 2.75) is 32.2 Å². The molecular weight excluding hydrogens is 292 g/mol. The van der Waals surface area contributed by atoms with E-state index in [1.807, 2.05) is 17.0 Å². The first-order valence-corrected chi connectivity index (χ1v) is 8.55. The fourth-order valence-corrected chi connectivity index (χ4v) is 3.63. The number of hydrogen-bond acceptors (Lipinski definition) is 4. The Hall–Kier alpha value is -1.75. The van der Waals surface area contributed by atoms with Crippen LogP contribution < -0.4 is 4.74 Å². The number of carbonyl (C=O) groups is 1. The summed E-state index contributed by atoms with van der Waals surface area (Å²) < 4.78 is 5.16. The van der Waals surface area contributed by atoms with Crippen LogP contribution in [-0.4, -0.2) is 54.1 Å². The lowest BCUT2D eigenvalue weighted by molar-refractivity contribution is -0.136. The number of rotatable bonds is 4. The maximum absolute atomic E-state index is 12.5. The van der Waals surface area contributed by atoms with Gasteiger partial charge in [0.05, 0.1) is 7.11 Å². The van der Waals surface area contributed by atoms with E-state index in [4.69, 9.17) is 4.74 Å². The lowest BCUT2D eigenvalue weighted by Gasteiger charge is -2.33. The van der Waals surface area contributed by atoms with Gasteiger partial charge < -0.3 is 14.7 Å². The molecule has 0 saturated carbocycles. The monoisotopic (exact) mass is 318 g/mol. The predicted octanol–water partition coefficient (Wildman–Crippen LogP) is 2.24. The van der Waals surface area contributed by atoms with Crippen LogP contribution in [0.15, 0.2) is 18.2 Å². The number of ether oxygens (including phenoxy) is 1. The number of phenolic OH excluding ortho intramolecular Hbond substituents is 1. The number of methoxy groups -OCH3 is 1. The Morgan fingerprint density at radius 2 is 1.91 bits per heavy atom. The average molecular weight is 318 g/mol. The molecule has 1 N–H and O–H groups in total. The van der Waals surface area contributed by atoms with E-state index in [-0.39, 0.29) is 11.7 Å². The Bertz CT molecular complexity index is 547. The van der Waals surface area contributed by atoms with E-state index in [1.54, 1.807) is 13.2 Å². The van der Waals surface area contributed by atoms with E-state index in [1.165, 1.54) is 0 Å². The normalized spacial score (nSPS) is 20.0. The second-order valence-corrected chi connectivity index (χ2v) is 6.55. The Labute approximate surface area is 137 Å². The van der Waals surface area contributed by atoms with Crippen molar-refractivity contribution >= 4 is 5.91 Å². The van der Waals surface area contributed by atoms with Crippen LogP contribution in [0.3, 0.4) is 0 Å². The number of carbonyl (C=O) groups excluding carboxylic acids is 1. The SMILES string of the molecule is COc1cccc(CN2CCC(C(=O)N3CCCC3)CC2)c1O. The summed E-state index contributed by atoms with van der Waals surface area (Å²) in [6.07, 6.45) is 4.14. The topological polar surface area (TPSA) is 53.0 Å². The highest BCUT2D eigenvalue weighted by Crippen LogP contribution is 2.31. The molecule has 0 aliphatic carbocycles. The van der Waals surface area contributed by atoms with Gasteiger partial charge in [0.2, 0.25) is 5.91 Å². The molecule has 0 spiro atoms. The minimum absolute atomic E-state index is 0.184. The van der Waals surface area contributed by atoms with E-state index in [0.29, 0.717) is 18.2 Å². The number of aromatic hydroxyl groups is 1. The number of likely N-dealkylation sites (tertiary alicyclic amines) is 2. The van der Waals surface area contributed by atoms with Crippen LogP contribution >= 0.6 is 0 Å². The van der Waals surface area contributed by atoms with Crippen LogP contribution in [0.25, 0.3) is 0 Å². The fourth-order valence-electron chi connectivity index (χ4n) is 3.63. The third kappa shape index (κ3) is 3.61. The molecule has 0 bridgehead atoms. The molecule has 0 radical (unpaired) electrons. The van der Waals surface area contributed by atoms with Crippen molar-refractivity contribution in [3.8, 4) is 11.5 Å². The van der Waals surface area contributed by atoms with Gasteiger partial charge in [0.15, 0.2) is 11.5 Å². The molecule has 2 fully saturated rings. The first-order valence-electron chi connectivity index (χ1n) is 8.55. The number of benzene rings is 1. The second kappa shape index (κ2) is 7.21. The molecular formula is C18H26N2O3. The molecule has 2 aliphatic rings. The van der Waals surface area contributed by atoms with Crippen molar-refractivity contribution in [1.29, 1.82) is 0 Å². The van der Waals surface area contributed by atoms with Crippen LogP contribution in [0.5, 0.6) is 11.5 Å². The summed E-state index contributed by atoms with van der Waals surface area (Å²) in [5.74, 6) is 1.28. The van der Waals surface area contributed by atoms with Crippen LogP contribution in [0.1, 0.15) is 31.2 Å². The minimum Gasteiger partial charge on any atom is -0.504 e. The highest BCUT2D eigenvalue weighted by atomic mass is 16.5. The van der Waals surface area contributed by atoms with Gasteiger partial charge in [-0.25, -0.2) is 0 Å². The summed E-state index contributed by atoms with van der Waals surface area (Å²) in [5.41, 5.74) is 0.883. The summed E-state index contributed by atoms with van der Waals surface area (Å²) in [7, 11) is 1.56. The number of nitrogens with zero attached hydrogens (tertiary/aromatic N) is 2. The molecule has 23 heavy (non-hydrogen) atoms. The minimum atomic E-state index is 0.184. The van der Waals surface area contributed by atoms with Gasteiger partial charge in [-0.05, 0) is 44.8 Å². The maximum atomic E-state index is 12.5. The molecule has 1 aromatic rings. The van der Waals surface area contributed by atoms with Gasteiger partial charge in [-0.15, -0.1) is 0 Å². The Kier molecular flexibility index (Phi) is 5.06. The van der Waals surface area contributed by atoms with Gasteiger partial charge in [-0.2, -0.15) is 0 Å². The second-order valence-electron chi connectivity index (χ2n) is 6.55. The number of phenols is 1. The van der Waals surface area contributed by atoms with E-state index >= 15 is 0 Å². The van der Waals surface area contributed by atoms with Crippen LogP contribution in [0.4, 0.5) is 0 Å².